The first-order chi connectivity index (χ1) is 19.0. The van der Waals surface area contributed by atoms with E-state index in [4.69, 9.17) is 9.72 Å². The molecule has 3 aromatic rings. The number of piperidine rings is 1. The number of fused-ring (bicyclic) bond motifs is 2. The van der Waals surface area contributed by atoms with Crippen molar-refractivity contribution >= 4 is 34.6 Å². The van der Waals surface area contributed by atoms with Crippen molar-refractivity contribution in [2.45, 2.75) is 50.9 Å². The number of rotatable bonds is 6. The maximum absolute atomic E-state index is 12.9. The fraction of sp³-hybridized carbons (Fsp3) is 0.414. The van der Waals surface area contributed by atoms with E-state index in [0.29, 0.717) is 18.5 Å². The summed E-state index contributed by atoms with van der Waals surface area (Å²) in [5.74, 6) is 0.702. The van der Waals surface area contributed by atoms with Gasteiger partial charge in [0.25, 0.3) is 5.91 Å². The third kappa shape index (κ3) is 4.58. The van der Waals surface area contributed by atoms with Gasteiger partial charge in [-0.05, 0) is 60.7 Å². The predicted octanol–water partition coefficient (Wildman–Crippen LogP) is 2.25. The van der Waals surface area contributed by atoms with Crippen molar-refractivity contribution in [3.05, 3.63) is 59.3 Å². The predicted molar refractivity (Wildman–Crippen MR) is 143 cm³/mol. The highest BCUT2D eigenvalue weighted by atomic mass is 16.5. The molecule has 7 rings (SSSR count). The average Bonchev–Trinajstić information content (AvgIpc) is 3.46. The molecule has 3 fully saturated rings. The molecule has 1 N–H and O–H groups in total. The standard InChI is InChI=1S/C29H30N6O4/c36-26-7-6-25(27(37)32-26)35-16-20-13-21(3-4-23(20)28(35)38)39-22-8-11-33(17-22)15-18-2-5-24-19(12-18)14-30-29(31-24)34-9-1-10-34/h2-5,12-14,22,25H,1,6-11,15-17H2,(H,32,36,37). The van der Waals surface area contributed by atoms with Gasteiger partial charge in [0.2, 0.25) is 17.8 Å². The molecule has 10 heteroatoms. The van der Waals surface area contributed by atoms with Gasteiger partial charge in [-0.15, -0.1) is 0 Å². The lowest BCUT2D eigenvalue weighted by molar-refractivity contribution is -0.136. The normalized spacial score (nSPS) is 23.2. The van der Waals surface area contributed by atoms with E-state index in [9.17, 15) is 14.4 Å². The summed E-state index contributed by atoms with van der Waals surface area (Å²) in [6.07, 6.45) is 4.72. The lowest BCUT2D eigenvalue weighted by Crippen LogP contribution is -2.52. The second-order valence-electron chi connectivity index (χ2n) is 10.9. The molecule has 0 saturated carbocycles. The van der Waals surface area contributed by atoms with Gasteiger partial charge >= 0.3 is 0 Å². The molecule has 0 aliphatic carbocycles. The molecule has 3 amide bonds. The molecule has 1 aromatic heterocycles. The summed E-state index contributed by atoms with van der Waals surface area (Å²) in [7, 11) is 0. The van der Waals surface area contributed by atoms with Crippen LogP contribution in [-0.2, 0) is 22.7 Å². The lowest BCUT2D eigenvalue weighted by Gasteiger charge is -2.30. The van der Waals surface area contributed by atoms with E-state index in [1.807, 2.05) is 18.3 Å². The summed E-state index contributed by atoms with van der Waals surface area (Å²) in [4.78, 5) is 52.2. The molecule has 0 radical (unpaired) electrons. The fourth-order valence-electron chi connectivity index (χ4n) is 5.95. The molecule has 4 aliphatic rings. The zero-order valence-electron chi connectivity index (χ0n) is 21.6. The summed E-state index contributed by atoms with van der Waals surface area (Å²) >= 11 is 0. The number of benzene rings is 2. The van der Waals surface area contributed by atoms with E-state index in [2.05, 4.69) is 38.3 Å². The number of carbonyl (C=O) groups is 3. The van der Waals surface area contributed by atoms with Crippen LogP contribution in [0.3, 0.4) is 0 Å². The first-order valence-electron chi connectivity index (χ1n) is 13.7. The Morgan fingerprint density at radius 2 is 1.92 bits per heavy atom. The van der Waals surface area contributed by atoms with Crippen molar-refractivity contribution in [3.63, 3.8) is 0 Å². The largest absolute Gasteiger partial charge is 0.489 e. The third-order valence-corrected chi connectivity index (χ3v) is 8.20. The lowest BCUT2D eigenvalue weighted by atomic mass is 10.0. The molecule has 2 atom stereocenters. The molecule has 3 saturated heterocycles. The summed E-state index contributed by atoms with van der Waals surface area (Å²) in [6.45, 7) is 5.02. The van der Waals surface area contributed by atoms with Gasteiger partial charge in [0, 0.05) is 62.8 Å². The summed E-state index contributed by atoms with van der Waals surface area (Å²) in [5.41, 5.74) is 3.66. The van der Waals surface area contributed by atoms with Crippen LogP contribution in [0.2, 0.25) is 0 Å². The van der Waals surface area contributed by atoms with E-state index in [1.165, 1.54) is 12.0 Å². The maximum atomic E-state index is 12.9. The summed E-state index contributed by atoms with van der Waals surface area (Å²) in [5, 5.41) is 3.40. The number of nitrogens with zero attached hydrogens (tertiary/aromatic N) is 5. The number of nitrogens with one attached hydrogen (secondary N) is 1. The Morgan fingerprint density at radius 3 is 2.74 bits per heavy atom. The van der Waals surface area contributed by atoms with Crippen LogP contribution in [0.15, 0.2) is 42.6 Å². The topological polar surface area (TPSA) is 108 Å². The molecule has 2 aromatic carbocycles. The van der Waals surface area contributed by atoms with Crippen molar-refractivity contribution < 1.29 is 19.1 Å². The Bertz CT molecular complexity index is 1490. The van der Waals surface area contributed by atoms with E-state index >= 15 is 0 Å². The van der Waals surface area contributed by atoms with Gasteiger partial charge in [0.15, 0.2) is 0 Å². The molecular weight excluding hydrogens is 496 g/mol. The van der Waals surface area contributed by atoms with Gasteiger partial charge in [0.05, 0.1) is 5.52 Å². The zero-order valence-corrected chi connectivity index (χ0v) is 21.6. The zero-order chi connectivity index (χ0) is 26.5. The van der Waals surface area contributed by atoms with Crippen molar-refractivity contribution in [1.82, 2.24) is 25.1 Å². The Kier molecular flexibility index (Phi) is 5.92. The SMILES string of the molecule is O=C1CCC(N2Cc3cc(OC4CCN(Cc5ccc6nc(N7CCC7)ncc6c5)C4)ccc3C2=O)C(=O)N1. The Balaban J connectivity index is 0.968. The van der Waals surface area contributed by atoms with Gasteiger partial charge in [-0.25, -0.2) is 9.97 Å². The van der Waals surface area contributed by atoms with Gasteiger partial charge in [-0.1, -0.05) is 6.07 Å². The number of ether oxygens (including phenoxy) is 1. The first kappa shape index (κ1) is 24.0. The number of aromatic nitrogens is 2. The summed E-state index contributed by atoms with van der Waals surface area (Å²) in [6, 6.07) is 11.3. The number of likely N-dealkylation sites (tertiary alicyclic amines) is 1. The Morgan fingerprint density at radius 1 is 1.03 bits per heavy atom. The molecule has 0 spiro atoms. The van der Waals surface area contributed by atoms with Crippen LogP contribution in [0.25, 0.3) is 10.9 Å². The van der Waals surface area contributed by atoms with Gasteiger partial charge < -0.3 is 14.5 Å². The van der Waals surface area contributed by atoms with E-state index in [-0.39, 0.29) is 24.3 Å². The van der Waals surface area contributed by atoms with Crippen LogP contribution >= 0.6 is 0 Å². The van der Waals surface area contributed by atoms with E-state index in [0.717, 1.165) is 67.3 Å². The second kappa shape index (κ2) is 9.60. The quantitative estimate of drug-likeness (QED) is 0.488. The van der Waals surface area contributed by atoms with Crippen LogP contribution in [0.1, 0.15) is 47.2 Å². The molecular formula is C29H30N6O4. The highest BCUT2D eigenvalue weighted by Crippen LogP contribution is 2.31. The smallest absolute Gasteiger partial charge is 0.255 e. The molecule has 39 heavy (non-hydrogen) atoms. The average molecular weight is 527 g/mol. The molecule has 10 nitrogen and oxygen atoms in total. The van der Waals surface area contributed by atoms with Gasteiger partial charge in [0.1, 0.15) is 17.9 Å². The van der Waals surface area contributed by atoms with Crippen LogP contribution in [0.4, 0.5) is 5.95 Å². The van der Waals surface area contributed by atoms with Crippen LogP contribution in [0, 0.1) is 0 Å². The highest BCUT2D eigenvalue weighted by Gasteiger charge is 2.39. The van der Waals surface area contributed by atoms with E-state index < -0.39 is 11.9 Å². The molecule has 200 valence electrons. The first-order valence-corrected chi connectivity index (χ1v) is 13.7. The number of imide groups is 1. The minimum atomic E-state index is -0.611. The monoisotopic (exact) mass is 526 g/mol. The number of amides is 3. The molecule has 2 unspecified atom stereocenters. The number of hydrogen-bond donors (Lipinski definition) is 1. The Hall–Kier alpha value is -4.05. The number of carbonyl (C=O) groups excluding carboxylic acids is 3. The van der Waals surface area contributed by atoms with Gasteiger partial charge in [-0.2, -0.15) is 0 Å². The highest BCUT2D eigenvalue weighted by molar-refractivity contribution is 6.05. The second-order valence-corrected chi connectivity index (χ2v) is 10.9. The van der Waals surface area contributed by atoms with Crippen LogP contribution < -0.4 is 15.0 Å². The minimum Gasteiger partial charge on any atom is -0.489 e. The molecule has 5 heterocycles. The molecule has 0 bridgehead atoms. The third-order valence-electron chi connectivity index (χ3n) is 8.20. The van der Waals surface area contributed by atoms with Crippen molar-refractivity contribution in [2.24, 2.45) is 0 Å². The van der Waals surface area contributed by atoms with Crippen LogP contribution in [-0.4, -0.2) is 75.8 Å². The fourth-order valence-corrected chi connectivity index (χ4v) is 5.95. The van der Waals surface area contributed by atoms with Crippen LogP contribution in [0.5, 0.6) is 5.75 Å². The number of hydrogen-bond acceptors (Lipinski definition) is 8. The number of anilines is 1. The summed E-state index contributed by atoms with van der Waals surface area (Å²) < 4.78 is 6.32. The van der Waals surface area contributed by atoms with Crippen molar-refractivity contribution in [3.8, 4) is 5.75 Å². The minimum absolute atomic E-state index is 0.0641. The van der Waals surface area contributed by atoms with E-state index in [1.54, 1.807) is 11.0 Å². The van der Waals surface area contributed by atoms with Gasteiger partial charge in [-0.3, -0.25) is 24.6 Å². The molecule has 4 aliphatic heterocycles. The van der Waals surface area contributed by atoms with Crippen molar-refractivity contribution in [2.75, 3.05) is 31.1 Å². The Labute approximate surface area is 225 Å². The maximum Gasteiger partial charge on any atom is 0.255 e. The van der Waals surface area contributed by atoms with Crippen molar-refractivity contribution in [1.29, 1.82) is 0 Å².